The van der Waals surface area contributed by atoms with Crippen LogP contribution in [-0.4, -0.2) is 42.9 Å². The number of nitrogens with one attached hydrogen (secondary N) is 1. The van der Waals surface area contributed by atoms with Crippen molar-refractivity contribution >= 4 is 34.7 Å². The second kappa shape index (κ2) is 9.88. The molecular formula is C24H24Cl2N2O3. The Morgan fingerprint density at radius 1 is 1.19 bits per heavy atom. The van der Waals surface area contributed by atoms with E-state index in [0.717, 1.165) is 24.2 Å². The van der Waals surface area contributed by atoms with Crippen LogP contribution in [0.3, 0.4) is 0 Å². The lowest BCUT2D eigenvalue weighted by molar-refractivity contribution is 0.0125. The molecule has 4 rings (SSSR count). The fourth-order valence-corrected chi connectivity index (χ4v) is 4.33. The molecule has 0 amide bonds. The predicted octanol–water partition coefficient (Wildman–Crippen LogP) is 4.27. The smallest absolute Gasteiger partial charge is 0.193 e. The summed E-state index contributed by atoms with van der Waals surface area (Å²) in [6.45, 7) is 1.55. The highest BCUT2D eigenvalue weighted by atomic mass is 35.5. The number of halogens is 2. The molecule has 2 atom stereocenters. The minimum atomic E-state index is -0.328. The molecule has 162 valence electrons. The number of anilines is 1. The second-order valence-corrected chi connectivity index (χ2v) is 8.48. The van der Waals surface area contributed by atoms with E-state index < -0.39 is 0 Å². The molecule has 0 bridgehead atoms. The van der Waals surface area contributed by atoms with Gasteiger partial charge in [-0.25, -0.2) is 0 Å². The van der Waals surface area contributed by atoms with Crippen LogP contribution in [0.5, 0.6) is 0 Å². The molecule has 0 aliphatic carbocycles. The van der Waals surface area contributed by atoms with Gasteiger partial charge in [0.25, 0.3) is 0 Å². The fraction of sp³-hybridized carbons (Fsp3) is 0.292. The first kappa shape index (κ1) is 21.9. The third-order valence-corrected chi connectivity index (χ3v) is 6.03. The molecule has 1 unspecified atom stereocenters. The third kappa shape index (κ3) is 5.13. The number of allylic oxidation sites excluding steroid dienone is 2. The monoisotopic (exact) mass is 458 g/mol. The molecule has 2 heterocycles. The van der Waals surface area contributed by atoms with Gasteiger partial charge in [0.1, 0.15) is 0 Å². The first-order valence-corrected chi connectivity index (χ1v) is 11.0. The van der Waals surface area contributed by atoms with Gasteiger partial charge in [-0.15, -0.1) is 0 Å². The van der Waals surface area contributed by atoms with Crippen molar-refractivity contribution in [3.8, 4) is 0 Å². The molecule has 2 aromatic rings. The van der Waals surface area contributed by atoms with E-state index in [1.165, 1.54) is 0 Å². The maximum absolute atomic E-state index is 12.9. The van der Waals surface area contributed by atoms with Crippen LogP contribution in [0.1, 0.15) is 27.9 Å². The van der Waals surface area contributed by atoms with Gasteiger partial charge in [-0.3, -0.25) is 4.79 Å². The van der Waals surface area contributed by atoms with Gasteiger partial charge in [-0.05, 0) is 67.1 Å². The summed E-state index contributed by atoms with van der Waals surface area (Å²) in [6, 6.07) is 12.6. The van der Waals surface area contributed by atoms with Gasteiger partial charge in [-0.1, -0.05) is 35.3 Å². The van der Waals surface area contributed by atoms with E-state index in [0.29, 0.717) is 34.1 Å². The lowest BCUT2D eigenvalue weighted by Crippen LogP contribution is -2.35. The van der Waals surface area contributed by atoms with Crippen LogP contribution in [0.25, 0.3) is 0 Å². The highest BCUT2D eigenvalue weighted by Gasteiger charge is 2.28. The second-order valence-electron chi connectivity index (χ2n) is 7.61. The van der Waals surface area contributed by atoms with Crippen molar-refractivity contribution in [2.45, 2.75) is 25.2 Å². The number of hydrogen-bond donors (Lipinski definition) is 2. The molecule has 2 aromatic carbocycles. The summed E-state index contributed by atoms with van der Waals surface area (Å²) in [5, 5.41) is 13.9. The summed E-state index contributed by atoms with van der Waals surface area (Å²) < 4.78 is 6.13. The number of carbonyl (C=O) groups is 1. The van der Waals surface area contributed by atoms with Crippen molar-refractivity contribution < 1.29 is 14.6 Å². The van der Waals surface area contributed by atoms with Crippen molar-refractivity contribution in [3.05, 3.63) is 87.6 Å². The Morgan fingerprint density at radius 2 is 2.03 bits per heavy atom. The Balaban J connectivity index is 1.50. The lowest BCUT2D eigenvalue weighted by atomic mass is 9.98. The number of ketones is 1. The Hall–Kier alpha value is -2.31. The molecule has 0 aromatic heterocycles. The van der Waals surface area contributed by atoms with Crippen LogP contribution in [-0.2, 0) is 11.2 Å². The van der Waals surface area contributed by atoms with Crippen LogP contribution in [0.4, 0.5) is 5.69 Å². The molecule has 0 spiro atoms. The van der Waals surface area contributed by atoms with Crippen LogP contribution < -0.4 is 10.2 Å². The van der Waals surface area contributed by atoms with Crippen molar-refractivity contribution in [2.75, 3.05) is 24.6 Å². The number of carbonyl (C=O) groups excluding carboxylic acids is 1. The SMILES string of the molecule is O=C(c1cccc(Cl)c1)c1ccc(N2CC[C@H](OC3NC=CC=C3Cl)C2)c(CCO)c1. The molecule has 0 radical (unpaired) electrons. The van der Waals surface area contributed by atoms with E-state index in [9.17, 15) is 9.90 Å². The van der Waals surface area contributed by atoms with Gasteiger partial charge < -0.3 is 20.1 Å². The molecule has 5 nitrogen and oxygen atoms in total. The minimum Gasteiger partial charge on any atom is -0.396 e. The molecule has 1 saturated heterocycles. The first-order valence-electron chi connectivity index (χ1n) is 10.3. The Bertz CT molecular complexity index is 1020. The molecule has 1 fully saturated rings. The minimum absolute atomic E-state index is 0.00824. The van der Waals surface area contributed by atoms with E-state index >= 15 is 0 Å². The van der Waals surface area contributed by atoms with Gasteiger partial charge >= 0.3 is 0 Å². The van der Waals surface area contributed by atoms with E-state index in [1.54, 1.807) is 24.3 Å². The number of benzene rings is 2. The van der Waals surface area contributed by atoms with Gasteiger partial charge in [0.2, 0.25) is 0 Å². The largest absolute Gasteiger partial charge is 0.396 e. The maximum atomic E-state index is 12.9. The summed E-state index contributed by atoms with van der Waals surface area (Å²) in [5.41, 5.74) is 3.08. The summed E-state index contributed by atoms with van der Waals surface area (Å²) in [4.78, 5) is 15.1. The normalized spacial score (nSPS) is 20.5. The number of aliphatic hydroxyl groups is 1. The van der Waals surface area contributed by atoms with E-state index in [-0.39, 0.29) is 24.7 Å². The number of ether oxygens (including phenoxy) is 1. The number of rotatable bonds is 7. The van der Waals surface area contributed by atoms with Gasteiger partial charge in [-0.2, -0.15) is 0 Å². The predicted molar refractivity (Wildman–Crippen MR) is 124 cm³/mol. The first-order chi connectivity index (χ1) is 15.0. The zero-order chi connectivity index (χ0) is 21.8. The number of aliphatic hydroxyl groups excluding tert-OH is 1. The molecule has 2 aliphatic rings. The highest BCUT2D eigenvalue weighted by Crippen LogP contribution is 2.29. The van der Waals surface area contributed by atoms with Crippen molar-refractivity contribution in [3.63, 3.8) is 0 Å². The van der Waals surface area contributed by atoms with Crippen LogP contribution in [0.2, 0.25) is 5.02 Å². The molecule has 2 aliphatic heterocycles. The van der Waals surface area contributed by atoms with Gasteiger partial charge in [0.05, 0.1) is 11.1 Å². The van der Waals surface area contributed by atoms with E-state index in [4.69, 9.17) is 27.9 Å². The standard InChI is InChI=1S/C24H24Cl2N2O3/c25-19-4-1-3-17(14-19)23(30)18-6-7-22(16(13-18)9-12-29)28-11-8-20(15-28)31-24-21(26)5-2-10-27-24/h1-7,10,13-14,20,24,27,29H,8-9,11-12,15H2/t20-,24?/m0/s1. The van der Waals surface area contributed by atoms with E-state index in [2.05, 4.69) is 10.2 Å². The summed E-state index contributed by atoms with van der Waals surface area (Å²) in [6.07, 6.45) is 6.53. The van der Waals surface area contributed by atoms with Crippen LogP contribution in [0.15, 0.2) is 65.8 Å². The van der Waals surface area contributed by atoms with E-state index in [1.807, 2.05) is 36.6 Å². The zero-order valence-electron chi connectivity index (χ0n) is 16.9. The zero-order valence-corrected chi connectivity index (χ0v) is 18.4. The quantitative estimate of drug-likeness (QED) is 0.606. The van der Waals surface area contributed by atoms with Crippen molar-refractivity contribution in [1.82, 2.24) is 5.32 Å². The highest BCUT2D eigenvalue weighted by molar-refractivity contribution is 6.31. The Morgan fingerprint density at radius 3 is 2.81 bits per heavy atom. The molecule has 2 N–H and O–H groups in total. The lowest BCUT2D eigenvalue weighted by Gasteiger charge is -2.25. The van der Waals surface area contributed by atoms with Gasteiger partial charge in [0.15, 0.2) is 12.0 Å². The Kier molecular flexibility index (Phi) is 6.98. The fourth-order valence-electron chi connectivity index (χ4n) is 3.96. The van der Waals surface area contributed by atoms with Crippen molar-refractivity contribution in [2.24, 2.45) is 0 Å². The summed E-state index contributed by atoms with van der Waals surface area (Å²) in [5.74, 6) is -0.0891. The average molecular weight is 459 g/mol. The molecular weight excluding hydrogens is 435 g/mol. The van der Waals surface area contributed by atoms with Crippen LogP contribution in [0, 0.1) is 0 Å². The molecule has 31 heavy (non-hydrogen) atoms. The summed E-state index contributed by atoms with van der Waals surface area (Å²) in [7, 11) is 0. The number of hydrogen-bond acceptors (Lipinski definition) is 5. The van der Waals surface area contributed by atoms with Crippen LogP contribution >= 0.6 is 23.2 Å². The van der Waals surface area contributed by atoms with Crippen molar-refractivity contribution in [1.29, 1.82) is 0 Å². The molecule has 0 saturated carbocycles. The summed E-state index contributed by atoms with van der Waals surface area (Å²) >= 11 is 12.3. The maximum Gasteiger partial charge on any atom is 0.193 e. The number of dihydropyridines is 1. The Labute approximate surface area is 191 Å². The van der Waals surface area contributed by atoms with Gasteiger partial charge in [0, 0.05) is 41.5 Å². The average Bonchev–Trinajstić information content (AvgIpc) is 3.23. The molecule has 7 heteroatoms. The third-order valence-electron chi connectivity index (χ3n) is 5.47. The number of nitrogens with zero attached hydrogens (tertiary/aromatic N) is 1. The topological polar surface area (TPSA) is 61.8 Å².